The lowest BCUT2D eigenvalue weighted by Gasteiger charge is -2.33. The fraction of sp³-hybridized carbons (Fsp3) is 1.00. The maximum Gasteiger partial charge on any atom is 0.0687 e. The molecule has 1 spiro atoms. The molecule has 0 amide bonds. The summed E-state index contributed by atoms with van der Waals surface area (Å²) in [6.07, 6.45) is 9.87. The molecule has 3 heteroatoms. The SMILES string of the molecule is ClCCSCC1CCC2(CCCCC2)O1. The predicted molar refractivity (Wildman–Crippen MR) is 68.0 cm³/mol. The standard InChI is InChI=1S/C12H21ClOS/c13-8-9-15-10-11-4-7-12(14-11)5-2-1-3-6-12/h11H,1-10H2. The van der Waals surface area contributed by atoms with Gasteiger partial charge in [-0.25, -0.2) is 0 Å². The summed E-state index contributed by atoms with van der Waals surface area (Å²) in [6.45, 7) is 0. The van der Waals surface area contributed by atoms with E-state index in [1.807, 2.05) is 11.8 Å². The van der Waals surface area contributed by atoms with Crippen molar-refractivity contribution >= 4 is 23.4 Å². The molecule has 1 nitrogen and oxygen atoms in total. The first kappa shape index (κ1) is 12.1. The van der Waals surface area contributed by atoms with Gasteiger partial charge < -0.3 is 4.74 Å². The van der Waals surface area contributed by atoms with Gasteiger partial charge in [0.15, 0.2) is 0 Å². The van der Waals surface area contributed by atoms with Crippen LogP contribution >= 0.6 is 23.4 Å². The third-order valence-electron chi connectivity index (χ3n) is 3.63. The largest absolute Gasteiger partial charge is 0.371 e. The summed E-state index contributed by atoms with van der Waals surface area (Å²) in [5.74, 6) is 2.98. The van der Waals surface area contributed by atoms with Crippen LogP contribution in [0, 0.1) is 0 Å². The molecule has 2 aliphatic rings. The van der Waals surface area contributed by atoms with Crippen LogP contribution in [0.15, 0.2) is 0 Å². The minimum Gasteiger partial charge on any atom is -0.371 e. The molecule has 0 aromatic carbocycles. The van der Waals surface area contributed by atoms with E-state index in [-0.39, 0.29) is 0 Å². The molecule has 1 unspecified atom stereocenters. The highest BCUT2D eigenvalue weighted by molar-refractivity contribution is 7.99. The topological polar surface area (TPSA) is 9.23 Å². The Bertz CT molecular complexity index is 190. The van der Waals surface area contributed by atoms with Crippen LogP contribution in [0.1, 0.15) is 44.9 Å². The first-order chi connectivity index (χ1) is 7.35. The number of hydrogen-bond donors (Lipinski definition) is 0. The highest BCUT2D eigenvalue weighted by atomic mass is 35.5. The van der Waals surface area contributed by atoms with Gasteiger partial charge in [0.1, 0.15) is 0 Å². The molecule has 1 saturated heterocycles. The summed E-state index contributed by atoms with van der Waals surface area (Å²) in [5.41, 5.74) is 0.296. The van der Waals surface area contributed by atoms with E-state index in [9.17, 15) is 0 Å². The van der Waals surface area contributed by atoms with Crippen molar-refractivity contribution in [3.05, 3.63) is 0 Å². The lowest BCUT2D eigenvalue weighted by molar-refractivity contribution is -0.0555. The van der Waals surface area contributed by atoms with Crippen LogP contribution in [0.25, 0.3) is 0 Å². The fourth-order valence-electron chi connectivity index (χ4n) is 2.85. The lowest BCUT2D eigenvalue weighted by Crippen LogP contribution is -2.32. The zero-order valence-electron chi connectivity index (χ0n) is 9.34. The molecule has 2 fully saturated rings. The third-order valence-corrected chi connectivity index (χ3v) is 5.14. The molecule has 0 radical (unpaired) electrons. The van der Waals surface area contributed by atoms with Gasteiger partial charge in [-0.05, 0) is 25.7 Å². The third kappa shape index (κ3) is 3.28. The van der Waals surface area contributed by atoms with Crippen LogP contribution in [-0.2, 0) is 4.74 Å². The zero-order valence-corrected chi connectivity index (χ0v) is 10.9. The van der Waals surface area contributed by atoms with E-state index in [0.29, 0.717) is 11.7 Å². The first-order valence-electron chi connectivity index (χ1n) is 6.16. The summed E-state index contributed by atoms with van der Waals surface area (Å²) in [7, 11) is 0. The van der Waals surface area contributed by atoms with Crippen molar-refractivity contribution in [3.63, 3.8) is 0 Å². The maximum atomic E-state index is 6.27. The molecule has 88 valence electrons. The summed E-state index contributed by atoms with van der Waals surface area (Å²) in [4.78, 5) is 0. The normalized spacial score (nSPS) is 29.8. The molecule has 2 rings (SSSR count). The molecule has 0 bridgehead atoms. The summed E-state index contributed by atoms with van der Waals surface area (Å²) in [5, 5.41) is 0. The molecule has 1 saturated carbocycles. The van der Waals surface area contributed by atoms with E-state index in [0.717, 1.165) is 17.4 Å². The average molecular weight is 249 g/mol. The van der Waals surface area contributed by atoms with E-state index >= 15 is 0 Å². The Balaban J connectivity index is 1.73. The van der Waals surface area contributed by atoms with E-state index < -0.39 is 0 Å². The molecular formula is C12H21ClOS. The summed E-state index contributed by atoms with van der Waals surface area (Å²) in [6, 6.07) is 0. The second-order valence-corrected chi connectivity index (χ2v) is 6.31. The van der Waals surface area contributed by atoms with Crippen molar-refractivity contribution in [2.45, 2.75) is 56.7 Å². The number of thioether (sulfide) groups is 1. The van der Waals surface area contributed by atoms with Gasteiger partial charge in [0.2, 0.25) is 0 Å². The second-order valence-electron chi connectivity index (χ2n) is 4.79. The van der Waals surface area contributed by atoms with Crippen LogP contribution in [0.2, 0.25) is 0 Å². The molecule has 0 aromatic heterocycles. The minimum absolute atomic E-state index is 0.296. The van der Waals surface area contributed by atoms with Gasteiger partial charge >= 0.3 is 0 Å². The van der Waals surface area contributed by atoms with Crippen LogP contribution in [0.4, 0.5) is 0 Å². The van der Waals surface area contributed by atoms with Crippen molar-refractivity contribution in [2.75, 3.05) is 17.4 Å². The molecule has 15 heavy (non-hydrogen) atoms. The van der Waals surface area contributed by atoms with E-state index in [4.69, 9.17) is 16.3 Å². The quantitative estimate of drug-likeness (QED) is 0.552. The number of rotatable bonds is 4. The van der Waals surface area contributed by atoms with Gasteiger partial charge in [-0.3, -0.25) is 0 Å². The smallest absolute Gasteiger partial charge is 0.0687 e. The molecule has 0 N–H and O–H groups in total. The zero-order chi connectivity index (χ0) is 10.6. The van der Waals surface area contributed by atoms with Crippen molar-refractivity contribution in [3.8, 4) is 0 Å². The van der Waals surface area contributed by atoms with Crippen LogP contribution < -0.4 is 0 Å². The molecule has 0 aromatic rings. The van der Waals surface area contributed by atoms with Crippen LogP contribution in [0.3, 0.4) is 0 Å². The first-order valence-corrected chi connectivity index (χ1v) is 7.85. The summed E-state index contributed by atoms with van der Waals surface area (Å²) < 4.78 is 6.27. The Labute approximate surface area is 102 Å². The Kier molecular flexibility index (Phi) is 4.66. The number of ether oxygens (including phenoxy) is 1. The van der Waals surface area contributed by atoms with Crippen molar-refractivity contribution in [1.82, 2.24) is 0 Å². The molecule has 1 heterocycles. The minimum atomic E-state index is 0.296. The van der Waals surface area contributed by atoms with Gasteiger partial charge in [-0.15, -0.1) is 11.6 Å². The fourth-order valence-corrected chi connectivity index (χ4v) is 3.95. The van der Waals surface area contributed by atoms with Crippen LogP contribution in [-0.4, -0.2) is 29.1 Å². The monoisotopic (exact) mass is 248 g/mol. The predicted octanol–water partition coefficient (Wildman–Crippen LogP) is 3.84. The van der Waals surface area contributed by atoms with Gasteiger partial charge in [-0.2, -0.15) is 11.8 Å². The Morgan fingerprint density at radius 1 is 1.20 bits per heavy atom. The molecule has 1 aliphatic carbocycles. The molecule has 1 atom stereocenters. The highest BCUT2D eigenvalue weighted by Crippen LogP contribution is 2.42. The Morgan fingerprint density at radius 2 is 2.00 bits per heavy atom. The van der Waals surface area contributed by atoms with Gasteiger partial charge in [-0.1, -0.05) is 19.3 Å². The average Bonchev–Trinajstić information content (AvgIpc) is 2.63. The number of alkyl halides is 1. The second kappa shape index (κ2) is 5.79. The molecule has 1 aliphatic heterocycles. The lowest BCUT2D eigenvalue weighted by atomic mass is 9.83. The van der Waals surface area contributed by atoms with Gasteiger partial charge in [0.25, 0.3) is 0 Å². The van der Waals surface area contributed by atoms with E-state index in [1.54, 1.807) is 0 Å². The van der Waals surface area contributed by atoms with E-state index in [2.05, 4.69) is 0 Å². The Hall–Kier alpha value is 0.600. The Morgan fingerprint density at radius 3 is 2.73 bits per heavy atom. The number of halogens is 1. The van der Waals surface area contributed by atoms with Gasteiger partial charge in [0.05, 0.1) is 11.7 Å². The van der Waals surface area contributed by atoms with Crippen molar-refractivity contribution < 1.29 is 4.74 Å². The van der Waals surface area contributed by atoms with Crippen molar-refractivity contribution in [2.24, 2.45) is 0 Å². The van der Waals surface area contributed by atoms with Crippen molar-refractivity contribution in [1.29, 1.82) is 0 Å². The van der Waals surface area contributed by atoms with E-state index in [1.165, 1.54) is 44.9 Å². The van der Waals surface area contributed by atoms with Crippen LogP contribution in [0.5, 0.6) is 0 Å². The van der Waals surface area contributed by atoms with Gasteiger partial charge in [0, 0.05) is 17.4 Å². The number of hydrogen-bond acceptors (Lipinski definition) is 2. The summed E-state index contributed by atoms with van der Waals surface area (Å²) >= 11 is 7.61. The highest BCUT2D eigenvalue weighted by Gasteiger charge is 2.40. The maximum absolute atomic E-state index is 6.27. The molecular weight excluding hydrogens is 228 g/mol.